The van der Waals surface area contributed by atoms with Gasteiger partial charge >= 0.3 is 0 Å². The molecule has 1 heterocycles. The van der Waals surface area contributed by atoms with E-state index in [9.17, 15) is 0 Å². The van der Waals surface area contributed by atoms with E-state index in [2.05, 4.69) is 58.2 Å². The fourth-order valence-electron chi connectivity index (χ4n) is 2.49. The Morgan fingerprint density at radius 1 is 1.35 bits per heavy atom. The zero-order valence-corrected chi connectivity index (χ0v) is 12.3. The molecule has 0 unspecified atom stereocenters. The number of hydrogen-bond acceptors (Lipinski definition) is 2. The first-order chi connectivity index (χ1) is 8.22. The lowest BCUT2D eigenvalue weighted by Gasteiger charge is -2.34. The van der Waals surface area contributed by atoms with E-state index in [1.165, 1.54) is 28.6 Å². The van der Waals surface area contributed by atoms with Gasteiger partial charge in [-0.15, -0.1) is 0 Å². The topological polar surface area (TPSA) is 15.3 Å². The molecule has 0 saturated carbocycles. The zero-order chi connectivity index (χ0) is 12.3. The maximum absolute atomic E-state index is 3.70. The van der Waals surface area contributed by atoms with E-state index in [1.807, 2.05) is 0 Å². The highest BCUT2D eigenvalue weighted by molar-refractivity contribution is 9.10. The Morgan fingerprint density at radius 3 is 2.71 bits per heavy atom. The van der Waals surface area contributed by atoms with Crippen molar-refractivity contribution in [3.05, 3.63) is 28.2 Å². The average Bonchev–Trinajstić information content (AvgIpc) is 2.34. The molecule has 1 aliphatic heterocycles. The highest BCUT2D eigenvalue weighted by Gasteiger charge is 2.20. The summed E-state index contributed by atoms with van der Waals surface area (Å²) in [7, 11) is 0. The van der Waals surface area contributed by atoms with Gasteiger partial charge in [0.05, 0.1) is 5.69 Å². The number of benzene rings is 1. The Kier molecular flexibility index (Phi) is 4.46. The molecule has 0 radical (unpaired) electrons. The van der Waals surface area contributed by atoms with Crippen molar-refractivity contribution >= 4 is 21.6 Å². The Hall–Kier alpha value is -0.540. The molecule has 1 aromatic carbocycles. The molecule has 3 heteroatoms. The lowest BCUT2D eigenvalue weighted by atomic mass is 10.0. The maximum Gasteiger partial charge on any atom is 0.0513 e. The number of aryl methyl sites for hydroxylation is 1. The van der Waals surface area contributed by atoms with Gasteiger partial charge in [-0.1, -0.05) is 19.1 Å². The normalized spacial score (nSPS) is 17.5. The van der Waals surface area contributed by atoms with Crippen molar-refractivity contribution in [2.45, 2.75) is 32.7 Å². The molecule has 17 heavy (non-hydrogen) atoms. The first kappa shape index (κ1) is 12.9. The number of rotatable bonds is 3. The van der Waals surface area contributed by atoms with Crippen LogP contribution in [-0.4, -0.2) is 25.7 Å². The van der Waals surface area contributed by atoms with E-state index in [4.69, 9.17) is 0 Å². The standard InChI is InChI=1S/C14H21BrN2/c1-3-16-12-7-9-17(10-8-12)13-6-4-5-11(2)14(13)15/h4-6,12,16H,3,7-10H2,1-2H3. The lowest BCUT2D eigenvalue weighted by molar-refractivity contribution is 0.423. The van der Waals surface area contributed by atoms with Gasteiger partial charge in [0.2, 0.25) is 0 Å². The van der Waals surface area contributed by atoms with Crippen molar-refractivity contribution in [1.29, 1.82) is 0 Å². The number of nitrogens with zero attached hydrogens (tertiary/aromatic N) is 1. The molecule has 0 aliphatic carbocycles. The van der Waals surface area contributed by atoms with Gasteiger partial charge < -0.3 is 10.2 Å². The Balaban J connectivity index is 2.03. The summed E-state index contributed by atoms with van der Waals surface area (Å²) in [4.78, 5) is 2.49. The molecule has 2 rings (SSSR count). The number of halogens is 1. The van der Waals surface area contributed by atoms with E-state index in [0.717, 1.165) is 19.6 Å². The third-order valence-corrected chi connectivity index (χ3v) is 4.53. The first-order valence-corrected chi connectivity index (χ1v) is 7.25. The molecule has 0 atom stereocenters. The Labute approximate surface area is 113 Å². The quantitative estimate of drug-likeness (QED) is 0.920. The summed E-state index contributed by atoms with van der Waals surface area (Å²) in [6, 6.07) is 7.22. The summed E-state index contributed by atoms with van der Waals surface area (Å²) >= 11 is 3.70. The van der Waals surface area contributed by atoms with E-state index in [-0.39, 0.29) is 0 Å². The van der Waals surface area contributed by atoms with Crippen LogP contribution in [0.25, 0.3) is 0 Å². The van der Waals surface area contributed by atoms with Gasteiger partial charge in [0.25, 0.3) is 0 Å². The number of anilines is 1. The minimum Gasteiger partial charge on any atom is -0.370 e. The van der Waals surface area contributed by atoms with E-state index < -0.39 is 0 Å². The molecule has 0 spiro atoms. The summed E-state index contributed by atoms with van der Waals surface area (Å²) in [5.41, 5.74) is 2.66. The predicted molar refractivity (Wildman–Crippen MR) is 77.8 cm³/mol. The minimum atomic E-state index is 0.708. The third kappa shape index (κ3) is 3.02. The van der Waals surface area contributed by atoms with Gasteiger partial charge in [-0.05, 0) is 53.9 Å². The van der Waals surface area contributed by atoms with Crippen LogP contribution < -0.4 is 10.2 Å². The molecule has 0 aromatic heterocycles. The second-order valence-corrected chi connectivity index (χ2v) is 5.52. The van der Waals surface area contributed by atoms with Gasteiger partial charge in [0, 0.05) is 23.6 Å². The molecule has 1 saturated heterocycles. The molecule has 0 amide bonds. The van der Waals surface area contributed by atoms with Crippen molar-refractivity contribution < 1.29 is 0 Å². The highest BCUT2D eigenvalue weighted by atomic mass is 79.9. The number of hydrogen-bond donors (Lipinski definition) is 1. The fraction of sp³-hybridized carbons (Fsp3) is 0.571. The number of nitrogens with one attached hydrogen (secondary N) is 1. The first-order valence-electron chi connectivity index (χ1n) is 6.45. The molecular weight excluding hydrogens is 276 g/mol. The second-order valence-electron chi connectivity index (χ2n) is 4.73. The van der Waals surface area contributed by atoms with Crippen LogP contribution in [0.1, 0.15) is 25.3 Å². The SMILES string of the molecule is CCNC1CCN(c2cccc(C)c2Br)CC1. The van der Waals surface area contributed by atoms with Gasteiger partial charge in [0.1, 0.15) is 0 Å². The fourth-order valence-corrected chi connectivity index (χ4v) is 3.00. The predicted octanol–water partition coefficient (Wildman–Crippen LogP) is 3.34. The molecule has 1 N–H and O–H groups in total. The van der Waals surface area contributed by atoms with Crippen LogP contribution in [0.5, 0.6) is 0 Å². The summed E-state index contributed by atoms with van der Waals surface area (Å²) < 4.78 is 1.25. The molecule has 2 nitrogen and oxygen atoms in total. The molecule has 1 fully saturated rings. The molecule has 0 bridgehead atoms. The van der Waals surface area contributed by atoms with Crippen molar-refractivity contribution in [3.8, 4) is 0 Å². The summed E-state index contributed by atoms with van der Waals surface area (Å²) in [5.74, 6) is 0. The zero-order valence-electron chi connectivity index (χ0n) is 10.7. The van der Waals surface area contributed by atoms with Crippen molar-refractivity contribution in [2.75, 3.05) is 24.5 Å². The summed E-state index contributed by atoms with van der Waals surface area (Å²) in [6.45, 7) is 7.72. The summed E-state index contributed by atoms with van der Waals surface area (Å²) in [6.07, 6.45) is 2.49. The van der Waals surface area contributed by atoms with Crippen LogP contribution in [0.15, 0.2) is 22.7 Å². The third-order valence-electron chi connectivity index (χ3n) is 3.50. The van der Waals surface area contributed by atoms with E-state index in [1.54, 1.807) is 0 Å². The van der Waals surface area contributed by atoms with Crippen LogP contribution in [0.2, 0.25) is 0 Å². The Bertz CT molecular complexity index is 370. The summed E-state index contributed by atoms with van der Waals surface area (Å²) in [5, 5.41) is 3.54. The maximum atomic E-state index is 3.70. The average molecular weight is 297 g/mol. The van der Waals surface area contributed by atoms with Crippen LogP contribution >= 0.6 is 15.9 Å². The smallest absolute Gasteiger partial charge is 0.0513 e. The van der Waals surface area contributed by atoms with Crippen molar-refractivity contribution in [2.24, 2.45) is 0 Å². The van der Waals surface area contributed by atoms with Crippen molar-refractivity contribution in [3.63, 3.8) is 0 Å². The number of piperidine rings is 1. The van der Waals surface area contributed by atoms with Gasteiger partial charge in [-0.25, -0.2) is 0 Å². The van der Waals surface area contributed by atoms with Crippen LogP contribution in [-0.2, 0) is 0 Å². The van der Waals surface area contributed by atoms with Crippen LogP contribution in [0.4, 0.5) is 5.69 Å². The molecule has 94 valence electrons. The van der Waals surface area contributed by atoms with Gasteiger partial charge in [0.15, 0.2) is 0 Å². The molecule has 1 aromatic rings. The van der Waals surface area contributed by atoms with Crippen LogP contribution in [0.3, 0.4) is 0 Å². The lowest BCUT2D eigenvalue weighted by Crippen LogP contribution is -2.42. The van der Waals surface area contributed by atoms with Crippen LogP contribution in [0, 0.1) is 6.92 Å². The van der Waals surface area contributed by atoms with E-state index >= 15 is 0 Å². The largest absolute Gasteiger partial charge is 0.370 e. The molecule has 1 aliphatic rings. The highest BCUT2D eigenvalue weighted by Crippen LogP contribution is 2.31. The minimum absolute atomic E-state index is 0.708. The van der Waals surface area contributed by atoms with Crippen molar-refractivity contribution in [1.82, 2.24) is 5.32 Å². The second kappa shape index (κ2) is 5.87. The van der Waals surface area contributed by atoms with E-state index in [0.29, 0.717) is 6.04 Å². The van der Waals surface area contributed by atoms with Gasteiger partial charge in [-0.2, -0.15) is 0 Å². The van der Waals surface area contributed by atoms with Gasteiger partial charge in [-0.3, -0.25) is 0 Å². The Morgan fingerprint density at radius 2 is 2.06 bits per heavy atom. The monoisotopic (exact) mass is 296 g/mol. The molecular formula is C14H21BrN2.